The molecule has 1 fully saturated rings. The summed E-state index contributed by atoms with van der Waals surface area (Å²) in [5.41, 5.74) is 3.09. The number of anilines is 1. The summed E-state index contributed by atoms with van der Waals surface area (Å²) >= 11 is 6.40. The molecular formula is C33H40ClN3O7S. The molecule has 4 atom stereocenters. The molecule has 4 aliphatic rings. The zero-order chi connectivity index (χ0) is 31.8. The number of aryl methyl sites for hydroxylation is 1. The molecule has 2 heterocycles. The number of fused-ring (bicyclic) bond motifs is 4. The van der Waals surface area contributed by atoms with Crippen LogP contribution in [0, 0.1) is 11.8 Å². The number of halogens is 1. The second-order valence-electron chi connectivity index (χ2n) is 12.6. The third-order valence-electron chi connectivity index (χ3n) is 9.84. The van der Waals surface area contributed by atoms with Crippen molar-refractivity contribution in [1.82, 2.24) is 9.03 Å². The van der Waals surface area contributed by atoms with Crippen LogP contribution in [0.25, 0.3) is 0 Å². The average molecular weight is 658 g/mol. The minimum atomic E-state index is -4.11. The van der Waals surface area contributed by atoms with Crippen molar-refractivity contribution in [3.8, 4) is 5.75 Å². The Morgan fingerprint density at radius 1 is 1.22 bits per heavy atom. The number of nitrogens with one attached hydrogen (secondary N) is 1. The van der Waals surface area contributed by atoms with Crippen LogP contribution in [-0.4, -0.2) is 75.2 Å². The zero-order valence-corrected chi connectivity index (χ0v) is 27.0. The first-order chi connectivity index (χ1) is 21.6. The molecule has 12 heteroatoms. The summed E-state index contributed by atoms with van der Waals surface area (Å²) in [6.07, 6.45) is 8.41. The van der Waals surface area contributed by atoms with Crippen molar-refractivity contribution in [2.75, 3.05) is 44.3 Å². The number of carbonyl (C=O) groups excluding carboxylic acids is 1. The predicted molar refractivity (Wildman–Crippen MR) is 171 cm³/mol. The molecule has 0 saturated heterocycles. The maximum Gasteiger partial charge on any atom is 0.329 e. The molecule has 2 bridgehead atoms. The fraction of sp³-hybridized carbons (Fsp3) is 0.515. The Labute approximate surface area is 269 Å². The van der Waals surface area contributed by atoms with Crippen LogP contribution < -0.4 is 14.4 Å². The lowest BCUT2D eigenvalue weighted by molar-refractivity contribution is -0.145. The third-order valence-corrected chi connectivity index (χ3v) is 11.6. The number of hydrogen-bond acceptors (Lipinski definition) is 7. The number of amides is 1. The summed E-state index contributed by atoms with van der Waals surface area (Å²) in [5.74, 6) is -0.790. The lowest BCUT2D eigenvalue weighted by Crippen LogP contribution is -2.50. The lowest BCUT2D eigenvalue weighted by Gasteiger charge is -2.46. The molecule has 10 nitrogen and oxygen atoms in total. The molecule has 0 aromatic heterocycles. The van der Waals surface area contributed by atoms with Gasteiger partial charge in [-0.15, -0.1) is 0 Å². The molecule has 2 aromatic carbocycles. The molecule has 2 aliphatic heterocycles. The quantitative estimate of drug-likeness (QED) is 0.459. The van der Waals surface area contributed by atoms with Gasteiger partial charge in [0.05, 0.1) is 18.4 Å². The van der Waals surface area contributed by atoms with Gasteiger partial charge in [0.2, 0.25) is 0 Å². The Hall–Kier alpha value is -3.12. The van der Waals surface area contributed by atoms with E-state index in [-0.39, 0.29) is 35.9 Å². The van der Waals surface area contributed by atoms with Gasteiger partial charge in [-0.1, -0.05) is 36.7 Å². The Morgan fingerprint density at radius 3 is 2.82 bits per heavy atom. The molecular weight excluding hydrogens is 618 g/mol. The van der Waals surface area contributed by atoms with Gasteiger partial charge in [0.25, 0.3) is 5.91 Å². The number of carbonyl (C=O) groups is 2. The fourth-order valence-electron chi connectivity index (χ4n) is 7.42. The normalized spacial score (nSPS) is 28.9. The molecule has 0 unspecified atom stereocenters. The molecule has 1 spiro atoms. The maximum absolute atomic E-state index is 13.4. The molecule has 45 heavy (non-hydrogen) atoms. The predicted octanol–water partition coefficient (Wildman–Crippen LogP) is 4.57. The van der Waals surface area contributed by atoms with Crippen molar-refractivity contribution < 1.29 is 32.6 Å². The van der Waals surface area contributed by atoms with Crippen LogP contribution in [0.2, 0.25) is 5.02 Å². The number of hydrogen-bond donors (Lipinski definition) is 2. The molecule has 242 valence electrons. The van der Waals surface area contributed by atoms with Gasteiger partial charge >= 0.3 is 16.2 Å². The van der Waals surface area contributed by atoms with Crippen LogP contribution in [0.4, 0.5) is 5.69 Å². The average Bonchev–Trinajstić information content (AvgIpc) is 3.13. The van der Waals surface area contributed by atoms with E-state index in [2.05, 4.69) is 15.7 Å². The Balaban J connectivity index is 1.42. The highest BCUT2D eigenvalue weighted by molar-refractivity contribution is 7.87. The first-order valence-electron chi connectivity index (χ1n) is 15.7. The van der Waals surface area contributed by atoms with Crippen LogP contribution in [0.15, 0.2) is 48.6 Å². The molecule has 1 amide bonds. The van der Waals surface area contributed by atoms with Gasteiger partial charge in [-0.05, 0) is 91.8 Å². The van der Waals surface area contributed by atoms with Crippen molar-refractivity contribution in [1.29, 1.82) is 0 Å². The summed E-state index contributed by atoms with van der Waals surface area (Å²) in [6, 6.07) is 11.2. The third kappa shape index (κ3) is 6.58. The largest absolute Gasteiger partial charge is 0.490 e. The highest BCUT2D eigenvalue weighted by atomic mass is 35.5. The van der Waals surface area contributed by atoms with Crippen molar-refractivity contribution in [2.24, 2.45) is 11.8 Å². The summed E-state index contributed by atoms with van der Waals surface area (Å²) < 4.78 is 42.3. The van der Waals surface area contributed by atoms with Gasteiger partial charge in [-0.3, -0.25) is 4.79 Å². The molecule has 0 radical (unpaired) electrons. The zero-order valence-electron chi connectivity index (χ0n) is 25.4. The topological polar surface area (TPSA) is 125 Å². The number of rotatable bonds is 4. The monoisotopic (exact) mass is 657 g/mol. The van der Waals surface area contributed by atoms with E-state index in [0.717, 1.165) is 37.8 Å². The van der Waals surface area contributed by atoms with E-state index in [1.165, 1.54) is 15.4 Å². The number of carboxylic acid groups (broad SMARTS) is 1. The van der Waals surface area contributed by atoms with Gasteiger partial charge in [0.1, 0.15) is 12.4 Å². The van der Waals surface area contributed by atoms with Crippen LogP contribution in [0.3, 0.4) is 0 Å². The first kappa shape index (κ1) is 31.8. The van der Waals surface area contributed by atoms with Gasteiger partial charge in [-0.2, -0.15) is 12.7 Å². The SMILES string of the molecule is CCN1CC/C=C\[C@H](OCC(=O)O)[C@@H]2CC[C@H]2CN2C[C@@]3(CCCc4cc(Cl)ccc43)COc3ccc(cc32)C(=O)NS1(=O)=O. The second kappa shape index (κ2) is 12.9. The molecule has 2 aliphatic carbocycles. The summed E-state index contributed by atoms with van der Waals surface area (Å²) in [7, 11) is -4.11. The first-order valence-corrected chi connectivity index (χ1v) is 17.5. The Bertz CT molecular complexity index is 1600. The van der Waals surface area contributed by atoms with Crippen LogP contribution in [-0.2, 0) is 31.6 Å². The Kier molecular flexibility index (Phi) is 9.16. The molecule has 1 saturated carbocycles. The van der Waals surface area contributed by atoms with Crippen molar-refractivity contribution in [2.45, 2.75) is 57.0 Å². The highest BCUT2D eigenvalue weighted by Gasteiger charge is 2.44. The molecule has 2 aromatic rings. The highest BCUT2D eigenvalue weighted by Crippen LogP contribution is 2.47. The summed E-state index contributed by atoms with van der Waals surface area (Å²) in [6.45, 7) is 3.40. The number of carboxylic acids is 1. The second-order valence-corrected chi connectivity index (χ2v) is 14.7. The van der Waals surface area contributed by atoms with E-state index in [9.17, 15) is 23.1 Å². The number of benzene rings is 2. The van der Waals surface area contributed by atoms with E-state index < -0.39 is 34.8 Å². The van der Waals surface area contributed by atoms with E-state index in [1.807, 2.05) is 24.3 Å². The van der Waals surface area contributed by atoms with Gasteiger partial charge in [-0.25, -0.2) is 9.52 Å². The van der Waals surface area contributed by atoms with Gasteiger partial charge < -0.3 is 19.5 Å². The van der Waals surface area contributed by atoms with E-state index >= 15 is 0 Å². The van der Waals surface area contributed by atoms with E-state index in [0.29, 0.717) is 36.9 Å². The van der Waals surface area contributed by atoms with E-state index in [1.54, 1.807) is 25.1 Å². The molecule has 6 rings (SSSR count). The minimum Gasteiger partial charge on any atom is -0.490 e. The summed E-state index contributed by atoms with van der Waals surface area (Å²) in [5, 5.41) is 10.1. The van der Waals surface area contributed by atoms with Crippen LogP contribution >= 0.6 is 11.6 Å². The van der Waals surface area contributed by atoms with Crippen LogP contribution in [0.1, 0.15) is 60.5 Å². The van der Waals surface area contributed by atoms with E-state index in [4.69, 9.17) is 21.1 Å². The van der Waals surface area contributed by atoms with Crippen LogP contribution in [0.5, 0.6) is 5.75 Å². The maximum atomic E-state index is 13.4. The minimum absolute atomic E-state index is 0.0898. The molecule has 2 N–H and O–H groups in total. The van der Waals surface area contributed by atoms with Crippen molar-refractivity contribution in [3.63, 3.8) is 0 Å². The van der Waals surface area contributed by atoms with Gasteiger partial charge in [0.15, 0.2) is 0 Å². The number of ether oxygens (including phenoxy) is 2. The number of nitrogens with zero attached hydrogens (tertiary/aromatic N) is 2. The van der Waals surface area contributed by atoms with Gasteiger partial charge in [0, 0.05) is 42.2 Å². The standard InChI is InChI=1S/C33H40ClN3O7S/c1-2-37-15-4-3-7-29(43-19-31(38)39)26-11-8-24(26)18-36-20-33(14-5-6-22-16-25(34)10-12-27(22)33)21-44-30-13-9-23(17-28(30)36)32(40)35-45(37,41)42/h3,7,9-10,12-13,16-17,24,26,29H,2,4-6,8,11,14-15,18-21H2,1H3,(H,35,40)(H,38,39)/b7-3-/t24-,26+,29-,33-/m0/s1. The Morgan fingerprint density at radius 2 is 2.07 bits per heavy atom. The smallest absolute Gasteiger partial charge is 0.329 e. The fourth-order valence-corrected chi connectivity index (χ4v) is 8.78. The number of aliphatic carboxylic acids is 1. The summed E-state index contributed by atoms with van der Waals surface area (Å²) in [4.78, 5) is 27.1. The lowest BCUT2D eigenvalue weighted by atomic mass is 9.68. The van der Waals surface area contributed by atoms with Crippen molar-refractivity contribution in [3.05, 3.63) is 70.3 Å². The van der Waals surface area contributed by atoms with Crippen molar-refractivity contribution >= 4 is 39.4 Å².